The summed E-state index contributed by atoms with van der Waals surface area (Å²) >= 11 is 0. The summed E-state index contributed by atoms with van der Waals surface area (Å²) < 4.78 is 0. The van der Waals surface area contributed by atoms with E-state index >= 15 is 0 Å². The molecule has 0 bridgehead atoms. The molecule has 0 aromatic heterocycles. The van der Waals surface area contributed by atoms with Gasteiger partial charge >= 0.3 is 0 Å². The van der Waals surface area contributed by atoms with Gasteiger partial charge in [-0.25, -0.2) is 0 Å². The van der Waals surface area contributed by atoms with E-state index in [0.29, 0.717) is 38.2 Å². The molecule has 0 unspecified atom stereocenters. The Bertz CT molecular complexity index is 1420. The van der Waals surface area contributed by atoms with Crippen molar-refractivity contribution in [1.82, 2.24) is 15.5 Å². The van der Waals surface area contributed by atoms with Crippen LogP contribution in [0.4, 0.5) is 0 Å². The smallest absolute Gasteiger partial charge is 0.251 e. The summed E-state index contributed by atoms with van der Waals surface area (Å²) in [5.41, 5.74) is 10.1. The van der Waals surface area contributed by atoms with Crippen LogP contribution in [0.1, 0.15) is 52.2 Å². The molecule has 4 aromatic carbocycles. The van der Waals surface area contributed by atoms with Gasteiger partial charge in [-0.1, -0.05) is 90.5 Å². The number of rotatable bonds is 10. The Hall–Kier alpha value is -4.00. The summed E-state index contributed by atoms with van der Waals surface area (Å²) in [4.78, 5) is 28.9. The molecule has 41 heavy (non-hydrogen) atoms. The fourth-order valence-corrected chi connectivity index (χ4v) is 5.77. The topological polar surface area (TPSA) is 87.5 Å². The molecule has 1 saturated heterocycles. The first kappa shape index (κ1) is 28.5. The summed E-state index contributed by atoms with van der Waals surface area (Å²) in [6, 6.07) is 32.5. The minimum absolute atomic E-state index is 0.0225. The number of nitrogens with zero attached hydrogens (tertiary/aromatic N) is 1. The van der Waals surface area contributed by atoms with Gasteiger partial charge in [0.1, 0.15) is 0 Å². The molecular weight excluding hydrogens is 508 g/mol. The number of aryl methyl sites for hydroxylation is 1. The fourth-order valence-electron chi connectivity index (χ4n) is 5.77. The van der Waals surface area contributed by atoms with Crippen LogP contribution in [0, 0.1) is 6.92 Å². The molecule has 6 nitrogen and oxygen atoms in total. The van der Waals surface area contributed by atoms with Crippen LogP contribution in [0.25, 0.3) is 10.8 Å². The largest absolute Gasteiger partial charge is 0.350 e. The van der Waals surface area contributed by atoms with Gasteiger partial charge in [0, 0.05) is 37.2 Å². The quantitative estimate of drug-likeness (QED) is 0.260. The Morgan fingerprint density at radius 2 is 1.61 bits per heavy atom. The number of hydrogen-bond donors (Lipinski definition) is 3. The molecule has 2 amide bonds. The van der Waals surface area contributed by atoms with Crippen molar-refractivity contribution >= 4 is 22.6 Å². The molecule has 0 saturated carbocycles. The van der Waals surface area contributed by atoms with E-state index in [1.54, 1.807) is 0 Å². The third-order valence-electron chi connectivity index (χ3n) is 8.06. The highest BCUT2D eigenvalue weighted by Gasteiger charge is 2.32. The van der Waals surface area contributed by atoms with Crippen molar-refractivity contribution < 1.29 is 9.59 Å². The van der Waals surface area contributed by atoms with Gasteiger partial charge in [0.25, 0.3) is 5.91 Å². The second-order valence-electron chi connectivity index (χ2n) is 11.1. The Balaban J connectivity index is 1.29. The van der Waals surface area contributed by atoms with Crippen LogP contribution in [-0.2, 0) is 4.79 Å². The molecule has 4 aromatic rings. The maximum Gasteiger partial charge on any atom is 0.251 e. The van der Waals surface area contributed by atoms with Crippen molar-refractivity contribution in [3.63, 3.8) is 0 Å². The van der Waals surface area contributed by atoms with Gasteiger partial charge in [-0.15, -0.1) is 0 Å². The van der Waals surface area contributed by atoms with Crippen molar-refractivity contribution in [2.24, 2.45) is 5.73 Å². The maximum atomic E-state index is 13.8. The monoisotopic (exact) mass is 548 g/mol. The predicted octanol–water partition coefficient (Wildman–Crippen LogP) is 5.01. The second kappa shape index (κ2) is 13.6. The summed E-state index contributed by atoms with van der Waals surface area (Å²) in [5, 5.41) is 8.85. The first-order chi connectivity index (χ1) is 20.0. The van der Waals surface area contributed by atoms with E-state index in [2.05, 4.69) is 84.3 Å². The van der Waals surface area contributed by atoms with Crippen molar-refractivity contribution in [2.45, 2.75) is 44.2 Å². The highest BCUT2D eigenvalue weighted by atomic mass is 16.2. The van der Waals surface area contributed by atoms with Crippen LogP contribution in [0.5, 0.6) is 0 Å². The molecule has 5 rings (SSSR count). The normalized spacial score (nSPS) is 17.5. The number of amides is 2. The molecule has 2 atom stereocenters. The number of carbonyl (C=O) groups is 2. The van der Waals surface area contributed by atoms with E-state index in [0.717, 1.165) is 23.6 Å². The highest BCUT2D eigenvalue weighted by Crippen LogP contribution is 2.27. The summed E-state index contributed by atoms with van der Waals surface area (Å²) in [5.74, 6) is 0.0758. The van der Waals surface area contributed by atoms with E-state index < -0.39 is 0 Å². The third kappa shape index (κ3) is 7.20. The lowest BCUT2D eigenvalue weighted by Gasteiger charge is -2.29. The van der Waals surface area contributed by atoms with E-state index in [1.165, 1.54) is 16.7 Å². The van der Waals surface area contributed by atoms with Gasteiger partial charge in [-0.3, -0.25) is 9.59 Å². The molecule has 6 heteroatoms. The number of carbonyl (C=O) groups excluding carboxylic acids is 2. The third-order valence-corrected chi connectivity index (χ3v) is 8.06. The predicted molar refractivity (Wildman–Crippen MR) is 166 cm³/mol. The van der Waals surface area contributed by atoms with Gasteiger partial charge in [0.2, 0.25) is 5.91 Å². The number of hydrogen-bond acceptors (Lipinski definition) is 4. The van der Waals surface area contributed by atoms with Crippen LogP contribution in [0.3, 0.4) is 0 Å². The van der Waals surface area contributed by atoms with E-state index in [-0.39, 0.29) is 29.8 Å². The fraction of sp³-hybridized carbons (Fsp3) is 0.314. The second-order valence-corrected chi connectivity index (χ2v) is 11.1. The van der Waals surface area contributed by atoms with Crippen LogP contribution in [-0.4, -0.2) is 55.0 Å². The zero-order valence-corrected chi connectivity index (χ0v) is 23.8. The summed E-state index contributed by atoms with van der Waals surface area (Å²) in [7, 11) is 0. The van der Waals surface area contributed by atoms with Crippen LogP contribution in [0.15, 0.2) is 97.1 Å². The highest BCUT2D eigenvalue weighted by molar-refractivity contribution is 5.98. The van der Waals surface area contributed by atoms with Crippen molar-refractivity contribution in [3.05, 3.63) is 119 Å². The summed E-state index contributed by atoms with van der Waals surface area (Å²) in [6.45, 7) is 4.27. The molecule has 1 fully saturated rings. The Morgan fingerprint density at radius 1 is 0.951 bits per heavy atom. The molecule has 212 valence electrons. The number of benzene rings is 4. The molecule has 1 aliphatic heterocycles. The minimum Gasteiger partial charge on any atom is -0.350 e. The lowest BCUT2D eigenvalue weighted by atomic mass is 9.90. The van der Waals surface area contributed by atoms with E-state index in [9.17, 15) is 9.59 Å². The minimum atomic E-state index is -0.334. The van der Waals surface area contributed by atoms with Crippen LogP contribution >= 0.6 is 0 Å². The Labute approximate surface area is 242 Å². The van der Waals surface area contributed by atoms with Gasteiger partial charge in [-0.2, -0.15) is 0 Å². The van der Waals surface area contributed by atoms with Crippen molar-refractivity contribution in [2.75, 3.05) is 26.2 Å². The van der Waals surface area contributed by atoms with Crippen LogP contribution < -0.4 is 16.4 Å². The van der Waals surface area contributed by atoms with Crippen LogP contribution in [0.2, 0.25) is 0 Å². The lowest BCUT2D eigenvalue weighted by Crippen LogP contribution is -2.49. The zero-order valence-electron chi connectivity index (χ0n) is 23.8. The standard InChI is InChI=1S/C35H40N4O2/c1-25-14-15-29-22-30(17-16-28(29)21-25)34(40)37-23-31-18-20-39(35(41)33(38-31)13-8-19-36)24-32(26-9-4-2-5-10-26)27-11-6-3-7-12-27/h2-7,9-12,14-17,21-22,31-33,38H,8,13,18-20,23-24,36H2,1H3,(H,37,40)/t31-,33-/m0/s1. The summed E-state index contributed by atoms with van der Waals surface area (Å²) in [6.07, 6.45) is 2.17. The van der Waals surface area contributed by atoms with Gasteiger partial charge in [-0.05, 0) is 66.8 Å². The van der Waals surface area contributed by atoms with E-state index in [4.69, 9.17) is 5.73 Å². The molecule has 1 heterocycles. The molecule has 0 spiro atoms. The molecule has 1 aliphatic rings. The number of nitrogens with one attached hydrogen (secondary N) is 2. The van der Waals surface area contributed by atoms with Gasteiger partial charge in [0.05, 0.1) is 6.04 Å². The lowest BCUT2D eigenvalue weighted by molar-refractivity contribution is -0.133. The maximum absolute atomic E-state index is 13.8. The molecule has 0 aliphatic carbocycles. The van der Waals surface area contributed by atoms with E-state index in [1.807, 2.05) is 35.2 Å². The molecule has 4 N–H and O–H groups in total. The number of nitrogens with two attached hydrogens (primary N) is 1. The number of fused-ring (bicyclic) bond motifs is 1. The van der Waals surface area contributed by atoms with Gasteiger partial charge < -0.3 is 21.3 Å². The average Bonchev–Trinajstić information content (AvgIpc) is 3.16. The molecular formula is C35H40N4O2. The SMILES string of the molecule is Cc1ccc2cc(C(=O)NC[C@@H]3CCN(CC(c4ccccc4)c4ccccc4)C(=O)[C@H](CCCN)N3)ccc2c1. The Morgan fingerprint density at radius 3 is 2.29 bits per heavy atom. The van der Waals surface area contributed by atoms with Crippen molar-refractivity contribution in [1.29, 1.82) is 0 Å². The average molecular weight is 549 g/mol. The first-order valence-corrected chi connectivity index (χ1v) is 14.6. The first-order valence-electron chi connectivity index (χ1n) is 14.6. The zero-order chi connectivity index (χ0) is 28.6. The van der Waals surface area contributed by atoms with Gasteiger partial charge in [0.15, 0.2) is 0 Å². The molecule has 0 radical (unpaired) electrons. The Kier molecular flexibility index (Phi) is 9.44. The van der Waals surface area contributed by atoms with Crippen molar-refractivity contribution in [3.8, 4) is 0 Å².